The first-order valence-corrected chi connectivity index (χ1v) is 15.7. The Kier molecular flexibility index (Phi) is 8.88. The van der Waals surface area contributed by atoms with E-state index in [9.17, 15) is 4.79 Å². The molecular formula is C38H36N4O5. The van der Waals surface area contributed by atoms with E-state index in [1.54, 1.807) is 19.5 Å². The van der Waals surface area contributed by atoms with Crippen LogP contribution in [0.3, 0.4) is 0 Å². The van der Waals surface area contributed by atoms with Gasteiger partial charge in [0.1, 0.15) is 12.4 Å². The van der Waals surface area contributed by atoms with Crippen molar-refractivity contribution in [3.63, 3.8) is 0 Å². The Morgan fingerprint density at radius 3 is 2.34 bits per heavy atom. The number of benzene rings is 4. The maximum atomic E-state index is 13.3. The maximum absolute atomic E-state index is 13.3. The number of morpholine rings is 1. The topological polar surface area (TPSA) is 94.2 Å². The van der Waals surface area contributed by atoms with E-state index in [-0.39, 0.29) is 5.91 Å². The first-order valence-electron chi connectivity index (χ1n) is 15.7. The Bertz CT molecular complexity index is 1860. The number of hydrogen-bond donors (Lipinski definition) is 2. The van der Waals surface area contributed by atoms with Crippen molar-refractivity contribution in [3.8, 4) is 28.4 Å². The number of carbonyl (C=O) groups is 1. The first-order chi connectivity index (χ1) is 23.1. The van der Waals surface area contributed by atoms with Gasteiger partial charge in [-0.2, -0.15) is 0 Å². The highest BCUT2D eigenvalue weighted by Crippen LogP contribution is 2.38. The maximum Gasteiger partial charge on any atom is 0.257 e. The Labute approximate surface area is 274 Å². The van der Waals surface area contributed by atoms with Gasteiger partial charge < -0.3 is 34.5 Å². The van der Waals surface area contributed by atoms with Crippen LogP contribution in [-0.4, -0.2) is 50.9 Å². The van der Waals surface area contributed by atoms with Gasteiger partial charge in [-0.3, -0.25) is 9.78 Å². The van der Waals surface area contributed by atoms with Crippen molar-refractivity contribution in [2.24, 2.45) is 0 Å². The van der Waals surface area contributed by atoms with E-state index in [1.165, 1.54) is 5.69 Å². The molecule has 2 aliphatic heterocycles. The largest absolute Gasteiger partial charge is 0.493 e. The second-order valence-corrected chi connectivity index (χ2v) is 11.4. The van der Waals surface area contributed by atoms with Gasteiger partial charge in [-0.1, -0.05) is 18.2 Å². The molecule has 1 fully saturated rings. The van der Waals surface area contributed by atoms with Gasteiger partial charge in [0.2, 0.25) is 0 Å². The number of nitrogens with one attached hydrogen (secondary N) is 2. The molecule has 7 rings (SSSR count). The number of rotatable bonds is 10. The van der Waals surface area contributed by atoms with Gasteiger partial charge in [0, 0.05) is 37.6 Å². The highest BCUT2D eigenvalue weighted by molar-refractivity contribution is 6.12. The van der Waals surface area contributed by atoms with Gasteiger partial charge in [0.25, 0.3) is 5.91 Å². The van der Waals surface area contributed by atoms with Gasteiger partial charge in [0.15, 0.2) is 11.5 Å². The number of anilines is 4. The number of ether oxygens (including phenoxy) is 4. The lowest BCUT2D eigenvalue weighted by Crippen LogP contribution is -2.36. The fourth-order valence-electron chi connectivity index (χ4n) is 5.79. The van der Waals surface area contributed by atoms with Crippen molar-refractivity contribution >= 4 is 28.7 Å². The van der Waals surface area contributed by atoms with E-state index < -0.39 is 0 Å². The average Bonchev–Trinajstić information content (AvgIpc) is 3.26. The van der Waals surface area contributed by atoms with E-state index in [0.717, 1.165) is 71.4 Å². The number of carbonyl (C=O) groups excluding carboxylic acids is 1. The second kappa shape index (κ2) is 13.8. The van der Waals surface area contributed by atoms with Crippen LogP contribution < -0.4 is 29.7 Å². The minimum Gasteiger partial charge on any atom is -0.493 e. The summed E-state index contributed by atoms with van der Waals surface area (Å²) >= 11 is 0. The first kappa shape index (κ1) is 30.1. The molecule has 0 saturated carbocycles. The van der Waals surface area contributed by atoms with Crippen molar-refractivity contribution < 1.29 is 23.7 Å². The molecule has 1 aromatic heterocycles. The molecule has 3 heterocycles. The molecule has 9 nitrogen and oxygen atoms in total. The van der Waals surface area contributed by atoms with Crippen LogP contribution in [0.1, 0.15) is 21.5 Å². The van der Waals surface area contributed by atoms with Crippen molar-refractivity contribution in [3.05, 3.63) is 120 Å². The standard InChI is InChI=1S/C38H36N4O5/c1-44-37-24-29(4-11-36(37)47-25-27-12-15-39-16-13-27)28-3-9-32-34(23-28)40-33-10-2-26(22-35(33)41-38(32)43)14-19-46-31-7-5-30(6-8-31)42-17-20-45-21-18-42/h2-13,15-16,22-24,40H,14,17-21,25H2,1H3,(H,41,43). The molecule has 0 bridgehead atoms. The summed E-state index contributed by atoms with van der Waals surface area (Å²) in [7, 11) is 1.63. The van der Waals surface area contributed by atoms with E-state index in [1.807, 2.05) is 72.8 Å². The van der Waals surface area contributed by atoms with Crippen LogP contribution in [0, 0.1) is 0 Å². The highest BCUT2D eigenvalue weighted by Gasteiger charge is 2.20. The quantitative estimate of drug-likeness (QED) is 0.169. The molecule has 47 heavy (non-hydrogen) atoms. The van der Waals surface area contributed by atoms with Crippen LogP contribution in [0.25, 0.3) is 11.1 Å². The monoisotopic (exact) mass is 628 g/mol. The fraction of sp³-hybridized carbons (Fsp3) is 0.211. The van der Waals surface area contributed by atoms with Gasteiger partial charge >= 0.3 is 0 Å². The molecule has 0 unspecified atom stereocenters. The van der Waals surface area contributed by atoms with Crippen LogP contribution in [0.5, 0.6) is 17.2 Å². The Morgan fingerprint density at radius 2 is 1.53 bits per heavy atom. The zero-order valence-electron chi connectivity index (χ0n) is 26.2. The summed E-state index contributed by atoms with van der Waals surface area (Å²) in [6, 6.07) is 29.7. The summed E-state index contributed by atoms with van der Waals surface area (Å²) < 4.78 is 23.2. The predicted molar refractivity (Wildman–Crippen MR) is 183 cm³/mol. The molecule has 9 heteroatoms. The van der Waals surface area contributed by atoms with E-state index in [4.69, 9.17) is 18.9 Å². The molecule has 2 N–H and O–H groups in total. The Balaban J connectivity index is 1.01. The third-order valence-electron chi connectivity index (χ3n) is 8.38. The van der Waals surface area contributed by atoms with Crippen molar-refractivity contribution in [1.82, 2.24) is 4.98 Å². The van der Waals surface area contributed by atoms with Gasteiger partial charge in [-0.15, -0.1) is 0 Å². The molecule has 5 aromatic rings. The van der Waals surface area contributed by atoms with Crippen LogP contribution in [-0.2, 0) is 17.8 Å². The average molecular weight is 629 g/mol. The summed E-state index contributed by atoms with van der Waals surface area (Å²) in [4.78, 5) is 19.6. The van der Waals surface area contributed by atoms with E-state index in [0.29, 0.717) is 36.7 Å². The normalized spacial score (nSPS) is 13.8. The second-order valence-electron chi connectivity index (χ2n) is 11.4. The molecule has 0 aliphatic carbocycles. The molecule has 238 valence electrons. The summed E-state index contributed by atoms with van der Waals surface area (Å²) in [5.41, 5.74) is 8.02. The lowest BCUT2D eigenvalue weighted by Gasteiger charge is -2.28. The molecule has 4 aromatic carbocycles. The molecule has 0 atom stereocenters. The molecule has 1 saturated heterocycles. The SMILES string of the molecule is COc1cc(-c2ccc3c(c2)Nc2ccc(CCOc4ccc(N5CCOCC5)cc4)cc2NC3=O)ccc1OCc1ccncc1. The third-order valence-corrected chi connectivity index (χ3v) is 8.38. The molecule has 1 amide bonds. The minimum absolute atomic E-state index is 0.163. The van der Waals surface area contributed by atoms with Gasteiger partial charge in [-0.05, 0) is 95.1 Å². The van der Waals surface area contributed by atoms with Crippen molar-refractivity contribution in [2.75, 3.05) is 55.6 Å². The number of aromatic nitrogens is 1. The zero-order valence-corrected chi connectivity index (χ0v) is 26.2. The van der Waals surface area contributed by atoms with Crippen LogP contribution in [0.15, 0.2) is 103 Å². The molecule has 0 spiro atoms. The summed E-state index contributed by atoms with van der Waals surface area (Å²) in [6.45, 7) is 4.27. The summed E-state index contributed by atoms with van der Waals surface area (Å²) in [5, 5.41) is 6.56. The number of hydrogen-bond acceptors (Lipinski definition) is 8. The lowest BCUT2D eigenvalue weighted by atomic mass is 10.0. The Morgan fingerprint density at radius 1 is 0.745 bits per heavy atom. The van der Waals surface area contributed by atoms with Crippen LogP contribution >= 0.6 is 0 Å². The number of amides is 1. The number of pyridine rings is 1. The molecule has 0 radical (unpaired) electrons. The minimum atomic E-state index is -0.163. The number of fused-ring (bicyclic) bond motifs is 2. The fourth-order valence-corrected chi connectivity index (χ4v) is 5.79. The highest BCUT2D eigenvalue weighted by atomic mass is 16.5. The number of methoxy groups -OCH3 is 1. The summed E-state index contributed by atoms with van der Waals surface area (Å²) in [6.07, 6.45) is 4.19. The Hall–Kier alpha value is -5.54. The van der Waals surface area contributed by atoms with Crippen molar-refractivity contribution in [2.45, 2.75) is 13.0 Å². The predicted octanol–water partition coefficient (Wildman–Crippen LogP) is 7.10. The smallest absolute Gasteiger partial charge is 0.257 e. The van der Waals surface area contributed by atoms with Gasteiger partial charge in [-0.25, -0.2) is 0 Å². The van der Waals surface area contributed by atoms with Crippen molar-refractivity contribution in [1.29, 1.82) is 0 Å². The van der Waals surface area contributed by atoms with Gasteiger partial charge in [0.05, 0.1) is 49.6 Å². The van der Waals surface area contributed by atoms with E-state index in [2.05, 4.69) is 38.7 Å². The lowest BCUT2D eigenvalue weighted by molar-refractivity contribution is 0.102. The van der Waals surface area contributed by atoms with Crippen LogP contribution in [0.2, 0.25) is 0 Å². The zero-order chi connectivity index (χ0) is 32.0. The summed E-state index contributed by atoms with van der Waals surface area (Å²) in [5.74, 6) is 1.95. The van der Waals surface area contributed by atoms with E-state index >= 15 is 0 Å². The third kappa shape index (κ3) is 7.00. The number of nitrogens with zero attached hydrogens (tertiary/aromatic N) is 2. The molecular weight excluding hydrogens is 592 g/mol. The van der Waals surface area contributed by atoms with Crippen LogP contribution in [0.4, 0.5) is 22.7 Å². The molecule has 2 aliphatic rings.